The van der Waals surface area contributed by atoms with Crippen LogP contribution in [0.1, 0.15) is 28.5 Å². The van der Waals surface area contributed by atoms with Crippen LogP contribution in [-0.2, 0) is 13.1 Å². The van der Waals surface area contributed by atoms with Crippen LogP contribution >= 0.6 is 0 Å². The van der Waals surface area contributed by atoms with Crippen LogP contribution in [0.2, 0.25) is 0 Å². The van der Waals surface area contributed by atoms with Gasteiger partial charge in [-0.15, -0.1) is 0 Å². The number of carbonyl (C=O) groups excluding carboxylic acids is 1. The molecule has 0 radical (unpaired) electrons. The second-order valence-corrected chi connectivity index (χ2v) is 6.79. The van der Waals surface area contributed by atoms with Gasteiger partial charge in [0.25, 0.3) is 5.91 Å². The van der Waals surface area contributed by atoms with Gasteiger partial charge in [0.05, 0.1) is 5.52 Å². The van der Waals surface area contributed by atoms with E-state index >= 15 is 0 Å². The van der Waals surface area contributed by atoms with Crippen molar-refractivity contribution < 1.29 is 4.79 Å². The molecule has 1 heterocycles. The first-order valence-electron chi connectivity index (χ1n) is 9.43. The summed E-state index contributed by atoms with van der Waals surface area (Å²) >= 11 is 0. The summed E-state index contributed by atoms with van der Waals surface area (Å²) in [6, 6.07) is 15.5. The number of carbonyl (C=O) groups is 1. The summed E-state index contributed by atoms with van der Waals surface area (Å²) in [5.41, 5.74) is 14.8. The number of hydrogen-bond donors (Lipinski definition) is 2. The molecule has 6 heteroatoms. The number of amides is 1. The van der Waals surface area contributed by atoms with Crippen LogP contribution in [0.5, 0.6) is 0 Å². The molecule has 146 valence electrons. The number of likely N-dealkylation sites (N-methyl/N-ethyl adjacent to an activating group) is 1. The number of nitrogens with two attached hydrogens (primary N) is 2. The van der Waals surface area contributed by atoms with E-state index in [9.17, 15) is 9.59 Å². The predicted molar refractivity (Wildman–Crippen MR) is 114 cm³/mol. The zero-order valence-corrected chi connectivity index (χ0v) is 16.3. The van der Waals surface area contributed by atoms with Crippen molar-refractivity contribution in [1.82, 2.24) is 4.57 Å². The van der Waals surface area contributed by atoms with Crippen LogP contribution in [0, 0.1) is 6.92 Å². The Bertz CT molecular complexity index is 1070. The lowest BCUT2D eigenvalue weighted by Crippen LogP contribution is -2.32. The normalized spacial score (nSPS) is 11.0. The molecule has 0 spiro atoms. The zero-order chi connectivity index (χ0) is 20.3. The summed E-state index contributed by atoms with van der Waals surface area (Å²) in [6.07, 6.45) is 0. The number of benzene rings is 2. The van der Waals surface area contributed by atoms with E-state index in [2.05, 4.69) is 17.9 Å². The van der Waals surface area contributed by atoms with Crippen molar-refractivity contribution in [1.29, 1.82) is 0 Å². The molecule has 0 saturated carbocycles. The van der Waals surface area contributed by atoms with Gasteiger partial charge in [-0.25, -0.2) is 0 Å². The molecule has 28 heavy (non-hydrogen) atoms. The number of primary amides is 1. The van der Waals surface area contributed by atoms with Gasteiger partial charge in [0.2, 0.25) is 0 Å². The number of pyridine rings is 1. The van der Waals surface area contributed by atoms with Gasteiger partial charge in [0, 0.05) is 42.8 Å². The molecule has 0 bridgehead atoms. The highest BCUT2D eigenvalue weighted by atomic mass is 16.1. The number of nitrogens with zero attached hydrogens (tertiary/aromatic N) is 2. The van der Waals surface area contributed by atoms with Crippen LogP contribution in [0.3, 0.4) is 0 Å². The lowest BCUT2D eigenvalue weighted by Gasteiger charge is -2.26. The van der Waals surface area contributed by atoms with Crippen molar-refractivity contribution in [3.8, 4) is 0 Å². The SMILES string of the molecule is CCN(CCn1c(C(N)=O)c(C)c(=O)c2ccccc21)c1cccc(CN)c1. The maximum atomic E-state index is 12.6. The second kappa shape index (κ2) is 8.27. The first-order chi connectivity index (χ1) is 13.5. The molecule has 0 aliphatic carbocycles. The Morgan fingerprint density at radius 3 is 2.57 bits per heavy atom. The Morgan fingerprint density at radius 1 is 1.14 bits per heavy atom. The van der Waals surface area contributed by atoms with Gasteiger partial charge in [-0.05, 0) is 43.7 Å². The smallest absolute Gasteiger partial charge is 0.265 e. The van der Waals surface area contributed by atoms with E-state index in [0.29, 0.717) is 30.6 Å². The Hall–Kier alpha value is -3.12. The molecule has 1 aromatic heterocycles. The van der Waals surface area contributed by atoms with Gasteiger partial charge >= 0.3 is 0 Å². The topological polar surface area (TPSA) is 94.3 Å². The maximum absolute atomic E-state index is 12.6. The molecule has 6 nitrogen and oxygen atoms in total. The largest absolute Gasteiger partial charge is 0.370 e. The van der Waals surface area contributed by atoms with Crippen LogP contribution in [0.15, 0.2) is 53.3 Å². The third-order valence-electron chi connectivity index (χ3n) is 5.13. The second-order valence-electron chi connectivity index (χ2n) is 6.79. The molecule has 0 aliphatic heterocycles. The number of aromatic nitrogens is 1. The zero-order valence-electron chi connectivity index (χ0n) is 16.3. The van der Waals surface area contributed by atoms with Crippen molar-refractivity contribution in [2.45, 2.75) is 26.9 Å². The fraction of sp³-hybridized carbons (Fsp3) is 0.273. The van der Waals surface area contributed by atoms with Crippen molar-refractivity contribution in [3.05, 3.63) is 75.6 Å². The highest BCUT2D eigenvalue weighted by molar-refractivity contribution is 5.96. The van der Waals surface area contributed by atoms with Gasteiger partial charge in [-0.2, -0.15) is 0 Å². The summed E-state index contributed by atoms with van der Waals surface area (Å²) in [7, 11) is 0. The lowest BCUT2D eigenvalue weighted by atomic mass is 10.1. The third kappa shape index (κ3) is 3.64. The highest BCUT2D eigenvalue weighted by Crippen LogP contribution is 2.19. The molecule has 0 unspecified atom stereocenters. The fourth-order valence-electron chi connectivity index (χ4n) is 3.65. The Labute approximate surface area is 164 Å². The summed E-state index contributed by atoms with van der Waals surface area (Å²) < 4.78 is 1.86. The predicted octanol–water partition coefficient (Wildman–Crippen LogP) is 2.39. The molecule has 4 N–H and O–H groups in total. The maximum Gasteiger partial charge on any atom is 0.265 e. The van der Waals surface area contributed by atoms with Crippen LogP contribution in [-0.4, -0.2) is 23.6 Å². The number of hydrogen-bond acceptors (Lipinski definition) is 4. The average Bonchev–Trinajstić information content (AvgIpc) is 2.71. The van der Waals surface area contributed by atoms with Crippen molar-refractivity contribution in [2.75, 3.05) is 18.0 Å². The fourth-order valence-corrected chi connectivity index (χ4v) is 3.65. The quantitative estimate of drug-likeness (QED) is 0.660. The minimum atomic E-state index is -0.589. The number of fused-ring (bicyclic) bond motifs is 1. The third-order valence-corrected chi connectivity index (χ3v) is 5.13. The Kier molecular flexibility index (Phi) is 5.80. The number of para-hydroxylation sites is 1. The van der Waals surface area contributed by atoms with Gasteiger partial charge in [0.15, 0.2) is 5.43 Å². The van der Waals surface area contributed by atoms with Crippen LogP contribution in [0.25, 0.3) is 10.9 Å². The van der Waals surface area contributed by atoms with E-state index < -0.39 is 5.91 Å². The molecule has 0 saturated heterocycles. The summed E-state index contributed by atoms with van der Waals surface area (Å²) in [4.78, 5) is 27.0. The molecule has 0 aliphatic rings. The molecule has 3 aromatic rings. The van der Waals surface area contributed by atoms with E-state index in [1.54, 1.807) is 13.0 Å². The van der Waals surface area contributed by atoms with Gasteiger partial charge in [0.1, 0.15) is 5.69 Å². The Balaban J connectivity index is 2.03. The van der Waals surface area contributed by atoms with Crippen molar-refractivity contribution in [3.63, 3.8) is 0 Å². The van der Waals surface area contributed by atoms with E-state index in [-0.39, 0.29) is 11.1 Å². The first-order valence-corrected chi connectivity index (χ1v) is 9.43. The summed E-state index contributed by atoms with van der Waals surface area (Å²) in [5, 5.41) is 0.596. The molecule has 0 atom stereocenters. The molecule has 0 fully saturated rings. The van der Waals surface area contributed by atoms with Gasteiger partial charge < -0.3 is 20.9 Å². The summed E-state index contributed by atoms with van der Waals surface area (Å²) in [6.45, 7) is 6.22. The van der Waals surface area contributed by atoms with Gasteiger partial charge in [-0.3, -0.25) is 9.59 Å². The lowest BCUT2D eigenvalue weighted by molar-refractivity contribution is 0.0990. The minimum absolute atomic E-state index is 0.149. The van der Waals surface area contributed by atoms with E-state index in [1.807, 2.05) is 41.0 Å². The van der Waals surface area contributed by atoms with Crippen LogP contribution < -0.4 is 21.8 Å². The van der Waals surface area contributed by atoms with Crippen LogP contribution in [0.4, 0.5) is 5.69 Å². The highest BCUT2D eigenvalue weighted by Gasteiger charge is 2.18. The molecular weight excluding hydrogens is 352 g/mol. The summed E-state index contributed by atoms with van der Waals surface area (Å²) in [5.74, 6) is -0.589. The van der Waals surface area contributed by atoms with Crippen molar-refractivity contribution >= 4 is 22.5 Å². The molecule has 1 amide bonds. The van der Waals surface area contributed by atoms with E-state index in [0.717, 1.165) is 23.3 Å². The first kappa shape index (κ1) is 19.6. The minimum Gasteiger partial charge on any atom is -0.370 e. The monoisotopic (exact) mass is 378 g/mol. The Morgan fingerprint density at radius 2 is 1.89 bits per heavy atom. The standard InChI is InChI=1S/C22H26N4O2/c1-3-25(17-8-6-7-16(13-17)14-23)11-12-26-19-10-5-4-9-18(19)21(27)15(2)20(26)22(24)28/h4-10,13H,3,11-12,14,23H2,1-2H3,(H2,24,28). The number of rotatable bonds is 7. The molecule has 3 rings (SSSR count). The average molecular weight is 378 g/mol. The van der Waals surface area contributed by atoms with E-state index in [1.165, 1.54) is 0 Å². The van der Waals surface area contributed by atoms with Crippen molar-refractivity contribution in [2.24, 2.45) is 11.5 Å². The molecular formula is C22H26N4O2. The van der Waals surface area contributed by atoms with Gasteiger partial charge in [-0.1, -0.05) is 24.3 Å². The van der Waals surface area contributed by atoms with E-state index in [4.69, 9.17) is 11.5 Å². The molecule has 2 aromatic carbocycles. The number of anilines is 1.